The highest BCUT2D eigenvalue weighted by Gasteiger charge is 2.12. The highest BCUT2D eigenvalue weighted by molar-refractivity contribution is 6.42. The fourth-order valence-corrected chi connectivity index (χ4v) is 2.11. The Labute approximate surface area is 127 Å². The molecule has 2 N–H and O–H groups in total. The smallest absolute Gasteiger partial charge is 0.133 e. The third-order valence-corrected chi connectivity index (χ3v) is 3.46. The zero-order valence-electron chi connectivity index (χ0n) is 10.9. The maximum atomic E-state index is 13.9. The van der Waals surface area contributed by atoms with Crippen LogP contribution in [0.3, 0.4) is 0 Å². The molecule has 5 heteroatoms. The molecule has 0 bridgehead atoms. The topological polar surface area (TPSA) is 35.2 Å². The molecule has 2 nitrogen and oxygen atoms in total. The van der Waals surface area contributed by atoms with Gasteiger partial charge in [0.2, 0.25) is 0 Å². The van der Waals surface area contributed by atoms with E-state index in [1.54, 1.807) is 30.3 Å². The van der Waals surface area contributed by atoms with Gasteiger partial charge in [-0.1, -0.05) is 29.3 Å². The summed E-state index contributed by atoms with van der Waals surface area (Å²) in [6.45, 7) is 1.81. The van der Waals surface area contributed by atoms with E-state index < -0.39 is 0 Å². The van der Waals surface area contributed by atoms with E-state index in [0.717, 1.165) is 0 Å². The fraction of sp³-hybridized carbons (Fsp3) is 0.200. The maximum absolute atomic E-state index is 13.9. The van der Waals surface area contributed by atoms with Crippen LogP contribution in [-0.4, -0.2) is 6.04 Å². The predicted molar refractivity (Wildman–Crippen MR) is 80.3 cm³/mol. The predicted octanol–water partition coefficient (Wildman–Crippen LogP) is 4.81. The molecule has 0 spiro atoms. The van der Waals surface area contributed by atoms with Crippen molar-refractivity contribution in [2.75, 3.05) is 0 Å². The lowest BCUT2D eigenvalue weighted by atomic mass is 10.1. The Hall–Kier alpha value is -1.29. The van der Waals surface area contributed by atoms with Crippen molar-refractivity contribution in [3.05, 3.63) is 57.8 Å². The van der Waals surface area contributed by atoms with Crippen molar-refractivity contribution in [1.29, 1.82) is 0 Å². The fourth-order valence-electron chi connectivity index (χ4n) is 1.82. The molecule has 1 unspecified atom stereocenters. The molecular formula is C15H14Cl2FNO. The summed E-state index contributed by atoms with van der Waals surface area (Å²) in [4.78, 5) is 0. The molecule has 0 saturated heterocycles. The lowest BCUT2D eigenvalue weighted by Gasteiger charge is -2.14. The van der Waals surface area contributed by atoms with Gasteiger partial charge in [-0.05, 0) is 37.6 Å². The van der Waals surface area contributed by atoms with Crippen LogP contribution in [0, 0.1) is 5.82 Å². The van der Waals surface area contributed by atoms with Gasteiger partial charge in [-0.15, -0.1) is 0 Å². The molecule has 1 atom stereocenters. The van der Waals surface area contributed by atoms with Gasteiger partial charge in [0.15, 0.2) is 0 Å². The van der Waals surface area contributed by atoms with Gasteiger partial charge in [-0.3, -0.25) is 0 Å². The summed E-state index contributed by atoms with van der Waals surface area (Å²) < 4.78 is 19.6. The maximum Gasteiger partial charge on any atom is 0.133 e. The van der Waals surface area contributed by atoms with Gasteiger partial charge in [0.25, 0.3) is 0 Å². The van der Waals surface area contributed by atoms with E-state index in [2.05, 4.69) is 0 Å². The Balaban J connectivity index is 2.32. The largest absolute Gasteiger partial charge is 0.457 e. The first-order valence-electron chi connectivity index (χ1n) is 6.13. The first kappa shape index (κ1) is 15.1. The summed E-state index contributed by atoms with van der Waals surface area (Å²) in [5.74, 6) is 0.594. The Morgan fingerprint density at radius 1 is 1.20 bits per heavy atom. The van der Waals surface area contributed by atoms with Gasteiger partial charge in [-0.25, -0.2) is 4.39 Å². The van der Waals surface area contributed by atoms with E-state index in [1.807, 2.05) is 6.92 Å². The summed E-state index contributed by atoms with van der Waals surface area (Å²) in [7, 11) is 0. The summed E-state index contributed by atoms with van der Waals surface area (Å²) in [6, 6.07) is 9.40. The zero-order valence-corrected chi connectivity index (χ0v) is 12.4. The number of hydrogen-bond donors (Lipinski definition) is 1. The molecule has 0 radical (unpaired) electrons. The van der Waals surface area contributed by atoms with Crippen molar-refractivity contribution < 1.29 is 9.13 Å². The van der Waals surface area contributed by atoms with Crippen LogP contribution in [-0.2, 0) is 6.42 Å². The molecule has 2 rings (SSSR count). The number of ether oxygens (including phenoxy) is 1. The molecule has 0 aromatic heterocycles. The van der Waals surface area contributed by atoms with E-state index in [0.29, 0.717) is 33.5 Å². The average molecular weight is 314 g/mol. The SMILES string of the molecule is CC(N)Cc1c(F)cccc1Oc1ccc(Cl)c(Cl)c1. The van der Waals surface area contributed by atoms with Crippen molar-refractivity contribution in [3.8, 4) is 11.5 Å². The van der Waals surface area contributed by atoms with Crippen LogP contribution in [0.25, 0.3) is 0 Å². The number of rotatable bonds is 4. The molecule has 106 valence electrons. The lowest BCUT2D eigenvalue weighted by molar-refractivity contribution is 0.463. The second-order valence-electron chi connectivity index (χ2n) is 4.58. The Morgan fingerprint density at radius 2 is 1.95 bits per heavy atom. The molecule has 0 aliphatic carbocycles. The molecule has 0 saturated carbocycles. The molecule has 2 aromatic carbocycles. The van der Waals surface area contributed by atoms with E-state index in [4.69, 9.17) is 33.7 Å². The molecule has 2 aromatic rings. The second kappa shape index (κ2) is 6.44. The van der Waals surface area contributed by atoms with Gasteiger partial charge >= 0.3 is 0 Å². The van der Waals surface area contributed by atoms with Crippen molar-refractivity contribution in [3.63, 3.8) is 0 Å². The van der Waals surface area contributed by atoms with Crippen LogP contribution in [0.2, 0.25) is 10.0 Å². The summed E-state index contributed by atoms with van der Waals surface area (Å²) >= 11 is 11.8. The molecule has 0 amide bonds. The third kappa shape index (κ3) is 3.63. The molecule has 20 heavy (non-hydrogen) atoms. The van der Waals surface area contributed by atoms with Gasteiger partial charge in [0.1, 0.15) is 17.3 Å². The molecular weight excluding hydrogens is 300 g/mol. The summed E-state index contributed by atoms with van der Waals surface area (Å²) in [5.41, 5.74) is 6.19. The van der Waals surface area contributed by atoms with Gasteiger partial charge in [0, 0.05) is 17.7 Å². The number of halogens is 3. The van der Waals surface area contributed by atoms with Crippen molar-refractivity contribution in [1.82, 2.24) is 0 Å². The van der Waals surface area contributed by atoms with Gasteiger partial charge in [0.05, 0.1) is 10.0 Å². The van der Waals surface area contributed by atoms with Gasteiger partial charge in [-0.2, -0.15) is 0 Å². The van der Waals surface area contributed by atoms with Crippen LogP contribution in [0.4, 0.5) is 4.39 Å². The number of benzene rings is 2. The van der Waals surface area contributed by atoms with E-state index in [9.17, 15) is 4.39 Å². The molecule has 0 heterocycles. The monoisotopic (exact) mass is 313 g/mol. The van der Waals surface area contributed by atoms with Crippen LogP contribution in [0.1, 0.15) is 12.5 Å². The second-order valence-corrected chi connectivity index (χ2v) is 5.39. The number of nitrogens with two attached hydrogens (primary N) is 1. The third-order valence-electron chi connectivity index (χ3n) is 2.72. The molecule has 0 aliphatic heterocycles. The van der Waals surface area contributed by atoms with E-state index in [1.165, 1.54) is 6.07 Å². The normalized spacial score (nSPS) is 12.2. The van der Waals surface area contributed by atoms with Crippen molar-refractivity contribution in [2.24, 2.45) is 5.73 Å². The van der Waals surface area contributed by atoms with Crippen LogP contribution in [0.5, 0.6) is 11.5 Å². The Bertz CT molecular complexity index is 617. The first-order valence-corrected chi connectivity index (χ1v) is 6.89. The van der Waals surface area contributed by atoms with Crippen molar-refractivity contribution >= 4 is 23.2 Å². The minimum absolute atomic E-state index is 0.164. The van der Waals surface area contributed by atoms with E-state index in [-0.39, 0.29) is 11.9 Å². The Morgan fingerprint density at radius 3 is 2.60 bits per heavy atom. The highest BCUT2D eigenvalue weighted by atomic mass is 35.5. The van der Waals surface area contributed by atoms with Gasteiger partial charge < -0.3 is 10.5 Å². The first-order chi connectivity index (χ1) is 9.47. The van der Waals surface area contributed by atoms with Crippen LogP contribution >= 0.6 is 23.2 Å². The lowest BCUT2D eigenvalue weighted by Crippen LogP contribution is -2.19. The van der Waals surface area contributed by atoms with E-state index >= 15 is 0 Å². The van der Waals surface area contributed by atoms with Crippen molar-refractivity contribution in [2.45, 2.75) is 19.4 Å². The van der Waals surface area contributed by atoms with Crippen LogP contribution < -0.4 is 10.5 Å². The standard InChI is InChI=1S/C15H14Cl2FNO/c1-9(19)7-11-14(18)3-2-4-15(11)20-10-5-6-12(16)13(17)8-10/h2-6,8-9H,7,19H2,1H3. The highest BCUT2D eigenvalue weighted by Crippen LogP contribution is 2.32. The minimum Gasteiger partial charge on any atom is -0.457 e. The molecule has 0 aliphatic rings. The quantitative estimate of drug-likeness (QED) is 0.878. The molecule has 0 fully saturated rings. The average Bonchev–Trinajstić information content (AvgIpc) is 2.38. The number of hydrogen-bond acceptors (Lipinski definition) is 2. The minimum atomic E-state index is -0.333. The van der Waals surface area contributed by atoms with Crippen LogP contribution in [0.15, 0.2) is 36.4 Å². The summed E-state index contributed by atoms with van der Waals surface area (Å²) in [6.07, 6.45) is 0.392. The summed E-state index contributed by atoms with van der Waals surface area (Å²) in [5, 5.41) is 0.823. The Kier molecular flexibility index (Phi) is 4.86. The zero-order chi connectivity index (χ0) is 14.7.